The number of unbranched alkanes of at least 4 members (excludes halogenated alkanes) is 1. The summed E-state index contributed by atoms with van der Waals surface area (Å²) in [5.41, 5.74) is 1.35. The Labute approximate surface area is 107 Å². The molecule has 0 radical (unpaired) electrons. The minimum Gasteiger partial charge on any atom is -0.125 e. The van der Waals surface area contributed by atoms with E-state index in [4.69, 9.17) is 12.2 Å². The molecule has 0 aliphatic rings. The van der Waals surface area contributed by atoms with E-state index < -0.39 is 0 Å². The molecular formula is C12H16S3. The zero-order valence-corrected chi connectivity index (χ0v) is 11.4. The van der Waals surface area contributed by atoms with Gasteiger partial charge in [0.15, 0.2) is 0 Å². The first-order valence-electron chi connectivity index (χ1n) is 5.18. The van der Waals surface area contributed by atoms with Gasteiger partial charge in [-0.05, 0) is 12.0 Å². The van der Waals surface area contributed by atoms with Crippen LogP contribution in [0.2, 0.25) is 0 Å². The maximum absolute atomic E-state index is 5.05. The van der Waals surface area contributed by atoms with E-state index in [2.05, 4.69) is 43.8 Å². The van der Waals surface area contributed by atoms with Crippen molar-refractivity contribution in [1.82, 2.24) is 0 Å². The number of thiol groups is 1. The van der Waals surface area contributed by atoms with Gasteiger partial charge in [0.25, 0.3) is 0 Å². The van der Waals surface area contributed by atoms with Gasteiger partial charge < -0.3 is 0 Å². The highest BCUT2D eigenvalue weighted by molar-refractivity contribution is 8.41. The van der Waals surface area contributed by atoms with E-state index in [1.807, 2.05) is 6.07 Å². The van der Waals surface area contributed by atoms with Crippen molar-refractivity contribution in [2.45, 2.75) is 31.4 Å². The number of hydrogen-bond acceptors (Lipinski definition) is 2. The molecule has 0 bridgehead atoms. The van der Waals surface area contributed by atoms with E-state index in [0.29, 0.717) is 5.25 Å². The van der Waals surface area contributed by atoms with Gasteiger partial charge in [-0.3, -0.25) is 0 Å². The largest absolute Gasteiger partial charge is 0.125 e. The molecule has 1 aromatic carbocycles. The highest BCUT2D eigenvalue weighted by Gasteiger charge is 2.12. The van der Waals surface area contributed by atoms with Gasteiger partial charge in [-0.2, -0.15) is 0 Å². The first-order chi connectivity index (χ1) is 7.24. The quantitative estimate of drug-likeness (QED) is 0.590. The predicted molar refractivity (Wildman–Crippen MR) is 77.9 cm³/mol. The Bertz CT molecular complexity index is 295. The van der Waals surface area contributed by atoms with Gasteiger partial charge in [-0.1, -0.05) is 74.1 Å². The number of thioether (sulfide) groups is 1. The molecule has 0 aromatic heterocycles. The van der Waals surface area contributed by atoms with Gasteiger partial charge in [0.05, 0.1) is 0 Å². The molecule has 0 fully saturated rings. The molecule has 3 heteroatoms. The Balaban J connectivity index is 2.67. The standard InChI is InChI=1S/C12H16S3/c1-2-3-9-11(15-12(13)14)10-7-5-4-6-8-10/h4-8,11H,2-3,9H2,1H3,(H,13,14). The molecule has 0 saturated carbocycles. The summed E-state index contributed by atoms with van der Waals surface area (Å²) in [5.74, 6) is 0. The maximum Gasteiger partial charge on any atom is 0.101 e. The lowest BCUT2D eigenvalue weighted by Crippen LogP contribution is -1.95. The Hall–Kier alpha value is 0.01000. The number of rotatable bonds is 5. The smallest absolute Gasteiger partial charge is 0.101 e. The highest BCUT2D eigenvalue weighted by Crippen LogP contribution is 2.35. The van der Waals surface area contributed by atoms with Gasteiger partial charge in [0, 0.05) is 5.25 Å². The number of benzene rings is 1. The Morgan fingerprint density at radius 1 is 1.40 bits per heavy atom. The van der Waals surface area contributed by atoms with Crippen LogP contribution in [-0.2, 0) is 0 Å². The summed E-state index contributed by atoms with van der Waals surface area (Å²) >= 11 is 10.9. The van der Waals surface area contributed by atoms with E-state index >= 15 is 0 Å². The minimum absolute atomic E-state index is 0.469. The van der Waals surface area contributed by atoms with Crippen LogP contribution >= 0.6 is 36.6 Å². The molecule has 1 atom stereocenters. The van der Waals surface area contributed by atoms with Crippen molar-refractivity contribution in [3.8, 4) is 0 Å². The van der Waals surface area contributed by atoms with Crippen LogP contribution in [0.1, 0.15) is 37.0 Å². The van der Waals surface area contributed by atoms with Crippen LogP contribution in [0, 0.1) is 0 Å². The molecule has 1 aromatic rings. The van der Waals surface area contributed by atoms with Crippen LogP contribution in [0.25, 0.3) is 0 Å². The molecule has 0 aliphatic carbocycles. The molecule has 82 valence electrons. The molecule has 0 saturated heterocycles. The molecule has 15 heavy (non-hydrogen) atoms. The number of thiocarbonyl (C=S) groups is 1. The summed E-state index contributed by atoms with van der Waals surface area (Å²) in [7, 11) is 0. The zero-order chi connectivity index (χ0) is 11.1. The lowest BCUT2D eigenvalue weighted by Gasteiger charge is -2.15. The molecular weight excluding hydrogens is 240 g/mol. The van der Waals surface area contributed by atoms with E-state index in [1.165, 1.54) is 24.8 Å². The Morgan fingerprint density at radius 3 is 2.60 bits per heavy atom. The van der Waals surface area contributed by atoms with Crippen LogP contribution in [0.15, 0.2) is 30.3 Å². The second-order valence-corrected chi connectivity index (χ2v) is 6.36. The van der Waals surface area contributed by atoms with Crippen molar-refractivity contribution < 1.29 is 0 Å². The predicted octanol–water partition coefficient (Wildman–Crippen LogP) is 4.87. The molecule has 1 unspecified atom stereocenters. The third kappa shape index (κ3) is 5.05. The first-order valence-corrected chi connectivity index (χ1v) is 6.92. The van der Waals surface area contributed by atoms with E-state index in [-0.39, 0.29) is 0 Å². The second-order valence-electron chi connectivity index (χ2n) is 3.43. The third-order valence-electron chi connectivity index (χ3n) is 2.23. The van der Waals surface area contributed by atoms with Gasteiger partial charge >= 0.3 is 0 Å². The lowest BCUT2D eigenvalue weighted by molar-refractivity contribution is 0.708. The fraction of sp³-hybridized carbons (Fsp3) is 0.417. The van der Waals surface area contributed by atoms with Crippen molar-refractivity contribution in [3.05, 3.63) is 35.9 Å². The second kappa shape index (κ2) is 7.31. The van der Waals surface area contributed by atoms with Gasteiger partial charge in [0.1, 0.15) is 3.53 Å². The summed E-state index contributed by atoms with van der Waals surface area (Å²) in [4.78, 5) is 0. The summed E-state index contributed by atoms with van der Waals surface area (Å²) in [6.07, 6.45) is 3.64. The van der Waals surface area contributed by atoms with Gasteiger partial charge in [-0.25, -0.2) is 0 Å². The van der Waals surface area contributed by atoms with E-state index in [9.17, 15) is 0 Å². The summed E-state index contributed by atoms with van der Waals surface area (Å²) in [5, 5.41) is 0.469. The average Bonchev–Trinajstić information content (AvgIpc) is 2.25. The van der Waals surface area contributed by atoms with E-state index in [0.717, 1.165) is 3.53 Å². The van der Waals surface area contributed by atoms with Crippen LogP contribution in [-0.4, -0.2) is 3.53 Å². The third-order valence-corrected chi connectivity index (χ3v) is 3.83. The topological polar surface area (TPSA) is 0 Å². The summed E-state index contributed by atoms with van der Waals surface area (Å²) in [6.45, 7) is 2.21. The normalized spacial score (nSPS) is 12.4. The van der Waals surface area contributed by atoms with Gasteiger partial charge in [-0.15, -0.1) is 12.6 Å². The molecule has 0 nitrogen and oxygen atoms in total. The van der Waals surface area contributed by atoms with Crippen molar-refractivity contribution in [2.75, 3.05) is 0 Å². The SMILES string of the molecule is CCCCC(SC(=S)S)c1ccccc1. The zero-order valence-electron chi connectivity index (χ0n) is 8.85. The molecule has 0 spiro atoms. The Kier molecular flexibility index (Phi) is 6.37. The van der Waals surface area contributed by atoms with Crippen molar-refractivity contribution in [1.29, 1.82) is 0 Å². The first kappa shape index (κ1) is 13.1. The molecule has 0 heterocycles. The van der Waals surface area contributed by atoms with Crippen LogP contribution < -0.4 is 0 Å². The van der Waals surface area contributed by atoms with Crippen molar-refractivity contribution in [2.24, 2.45) is 0 Å². The van der Waals surface area contributed by atoms with Crippen LogP contribution in [0.3, 0.4) is 0 Å². The molecule has 1 rings (SSSR count). The van der Waals surface area contributed by atoms with Gasteiger partial charge in [0.2, 0.25) is 0 Å². The van der Waals surface area contributed by atoms with Crippen LogP contribution in [0.4, 0.5) is 0 Å². The molecule has 0 aliphatic heterocycles. The lowest BCUT2D eigenvalue weighted by atomic mass is 10.1. The molecule has 0 N–H and O–H groups in total. The highest BCUT2D eigenvalue weighted by atomic mass is 32.2. The van der Waals surface area contributed by atoms with Crippen LogP contribution in [0.5, 0.6) is 0 Å². The van der Waals surface area contributed by atoms with E-state index in [1.54, 1.807) is 11.8 Å². The summed E-state index contributed by atoms with van der Waals surface area (Å²) in [6, 6.07) is 10.5. The average molecular weight is 256 g/mol. The Morgan fingerprint density at radius 2 is 2.07 bits per heavy atom. The summed E-state index contributed by atoms with van der Waals surface area (Å²) < 4.78 is 0.736. The fourth-order valence-electron chi connectivity index (χ4n) is 1.47. The maximum atomic E-state index is 5.05. The van der Waals surface area contributed by atoms with Crippen molar-refractivity contribution in [3.63, 3.8) is 0 Å². The molecule has 0 amide bonds. The van der Waals surface area contributed by atoms with Crippen molar-refractivity contribution >= 4 is 40.1 Å². The minimum atomic E-state index is 0.469. The fourth-order valence-corrected chi connectivity index (χ4v) is 3.02. The number of hydrogen-bond donors (Lipinski definition) is 1. The monoisotopic (exact) mass is 256 g/mol.